The first-order valence-electron chi connectivity index (χ1n) is 6.96. The van der Waals surface area contributed by atoms with Gasteiger partial charge in [-0.2, -0.15) is 0 Å². The van der Waals surface area contributed by atoms with Crippen molar-refractivity contribution in [1.82, 2.24) is 4.90 Å². The monoisotopic (exact) mass is 283 g/mol. The summed E-state index contributed by atoms with van der Waals surface area (Å²) >= 11 is 1.74. The van der Waals surface area contributed by atoms with Crippen molar-refractivity contribution in [2.45, 2.75) is 58.7 Å². The quantitative estimate of drug-likeness (QED) is 0.681. The van der Waals surface area contributed by atoms with Crippen molar-refractivity contribution in [3.63, 3.8) is 0 Å². The molecule has 1 rings (SSSR count). The molecule has 0 fully saturated rings. The summed E-state index contributed by atoms with van der Waals surface area (Å²) in [5.74, 6) is -0.112. The largest absolute Gasteiger partial charge is 0.468 e. The van der Waals surface area contributed by atoms with Gasteiger partial charge < -0.3 is 4.74 Å². The minimum atomic E-state index is -0.132. The van der Waals surface area contributed by atoms with E-state index < -0.39 is 0 Å². The molecule has 0 N–H and O–H groups in total. The summed E-state index contributed by atoms with van der Waals surface area (Å²) in [7, 11) is 1.48. The number of methoxy groups -OCH3 is 1. The molecule has 0 amide bonds. The Balaban J connectivity index is 2.81. The predicted octanol–water partition coefficient (Wildman–Crippen LogP) is 3.69. The summed E-state index contributed by atoms with van der Waals surface area (Å²) < 4.78 is 4.98. The number of carbonyl (C=O) groups excluding carboxylic acids is 1. The lowest BCUT2D eigenvalue weighted by atomic mass is 10.1. The Morgan fingerprint density at radius 1 is 1.47 bits per heavy atom. The van der Waals surface area contributed by atoms with Crippen LogP contribution in [0, 0.1) is 0 Å². The minimum Gasteiger partial charge on any atom is -0.468 e. The summed E-state index contributed by atoms with van der Waals surface area (Å²) in [6.45, 7) is 7.23. The molecular formula is C15H25NO2S. The highest BCUT2D eigenvalue weighted by molar-refractivity contribution is 7.09. The van der Waals surface area contributed by atoms with Gasteiger partial charge in [0.25, 0.3) is 0 Å². The summed E-state index contributed by atoms with van der Waals surface area (Å²) in [5, 5.41) is 2.08. The zero-order chi connectivity index (χ0) is 14.3. The topological polar surface area (TPSA) is 29.5 Å². The second-order valence-electron chi connectivity index (χ2n) is 5.03. The molecular weight excluding hydrogens is 258 g/mol. The van der Waals surface area contributed by atoms with Crippen LogP contribution in [-0.2, 0) is 16.1 Å². The lowest BCUT2D eigenvalue weighted by Gasteiger charge is -2.32. The standard InChI is InChI=1S/C15H25NO2S/c1-5-6-9-14(15(17)18-4)16(12(2)3)11-13-8-7-10-19-13/h7-8,10,12,14H,5-6,9,11H2,1-4H3. The van der Waals surface area contributed by atoms with Gasteiger partial charge in [0, 0.05) is 17.5 Å². The third-order valence-electron chi connectivity index (χ3n) is 3.29. The maximum absolute atomic E-state index is 12.0. The van der Waals surface area contributed by atoms with Crippen LogP contribution in [0.15, 0.2) is 17.5 Å². The molecule has 0 aromatic carbocycles. The van der Waals surface area contributed by atoms with E-state index in [1.165, 1.54) is 12.0 Å². The molecule has 0 aliphatic heterocycles. The van der Waals surface area contributed by atoms with Gasteiger partial charge >= 0.3 is 5.97 Å². The van der Waals surface area contributed by atoms with E-state index >= 15 is 0 Å². The fourth-order valence-electron chi connectivity index (χ4n) is 2.19. The van der Waals surface area contributed by atoms with Crippen LogP contribution in [-0.4, -0.2) is 30.1 Å². The zero-order valence-electron chi connectivity index (χ0n) is 12.4. The van der Waals surface area contributed by atoms with Gasteiger partial charge in [-0.1, -0.05) is 25.8 Å². The number of rotatable bonds is 8. The fraction of sp³-hybridized carbons (Fsp3) is 0.667. The molecule has 1 aromatic heterocycles. The van der Waals surface area contributed by atoms with E-state index in [1.54, 1.807) is 11.3 Å². The van der Waals surface area contributed by atoms with Gasteiger partial charge in [0.15, 0.2) is 0 Å². The molecule has 19 heavy (non-hydrogen) atoms. The highest BCUT2D eigenvalue weighted by Crippen LogP contribution is 2.20. The first-order chi connectivity index (χ1) is 9.10. The van der Waals surface area contributed by atoms with E-state index in [0.717, 1.165) is 25.8 Å². The Morgan fingerprint density at radius 2 is 2.21 bits per heavy atom. The van der Waals surface area contributed by atoms with E-state index in [1.807, 2.05) is 0 Å². The lowest BCUT2D eigenvalue weighted by molar-refractivity contribution is -0.148. The van der Waals surface area contributed by atoms with Gasteiger partial charge in [-0.3, -0.25) is 9.69 Å². The number of nitrogens with zero attached hydrogens (tertiary/aromatic N) is 1. The lowest BCUT2D eigenvalue weighted by Crippen LogP contribution is -2.45. The summed E-state index contributed by atoms with van der Waals surface area (Å²) in [6.07, 6.45) is 3.01. The Hall–Kier alpha value is -0.870. The molecule has 3 nitrogen and oxygen atoms in total. The van der Waals surface area contributed by atoms with Crippen molar-refractivity contribution in [2.75, 3.05) is 7.11 Å². The van der Waals surface area contributed by atoms with Crippen LogP contribution >= 0.6 is 11.3 Å². The summed E-state index contributed by atoms with van der Waals surface area (Å²) in [4.78, 5) is 15.6. The van der Waals surface area contributed by atoms with Crippen LogP contribution in [0.25, 0.3) is 0 Å². The molecule has 0 bridgehead atoms. The Labute approximate surface area is 120 Å². The van der Waals surface area contributed by atoms with Gasteiger partial charge in [-0.05, 0) is 31.7 Å². The Bertz CT molecular complexity index is 362. The number of unbranched alkanes of at least 4 members (excludes halogenated alkanes) is 1. The second-order valence-corrected chi connectivity index (χ2v) is 6.06. The maximum atomic E-state index is 12.0. The molecule has 1 heterocycles. The SMILES string of the molecule is CCCCC(C(=O)OC)N(Cc1cccs1)C(C)C. The van der Waals surface area contributed by atoms with Crippen LogP contribution in [0.2, 0.25) is 0 Å². The van der Waals surface area contributed by atoms with Crippen molar-refractivity contribution in [1.29, 1.82) is 0 Å². The van der Waals surface area contributed by atoms with Crippen LogP contribution < -0.4 is 0 Å². The number of hydrogen-bond acceptors (Lipinski definition) is 4. The van der Waals surface area contributed by atoms with Crippen molar-refractivity contribution in [3.05, 3.63) is 22.4 Å². The maximum Gasteiger partial charge on any atom is 0.323 e. The van der Waals surface area contributed by atoms with Crippen LogP contribution in [0.4, 0.5) is 0 Å². The highest BCUT2D eigenvalue weighted by atomic mass is 32.1. The molecule has 108 valence electrons. The first-order valence-corrected chi connectivity index (χ1v) is 7.84. The third-order valence-corrected chi connectivity index (χ3v) is 4.15. The molecule has 0 saturated heterocycles. The smallest absolute Gasteiger partial charge is 0.323 e. The summed E-state index contributed by atoms with van der Waals surface area (Å²) in [5.41, 5.74) is 0. The molecule has 0 aliphatic rings. The molecule has 1 atom stereocenters. The van der Waals surface area contributed by atoms with Crippen LogP contribution in [0.1, 0.15) is 44.9 Å². The second kappa shape index (κ2) is 8.33. The highest BCUT2D eigenvalue weighted by Gasteiger charge is 2.28. The zero-order valence-corrected chi connectivity index (χ0v) is 13.2. The average molecular weight is 283 g/mol. The predicted molar refractivity (Wildman–Crippen MR) is 80.3 cm³/mol. The van der Waals surface area contributed by atoms with Gasteiger partial charge in [0.1, 0.15) is 6.04 Å². The van der Waals surface area contributed by atoms with E-state index in [9.17, 15) is 4.79 Å². The number of esters is 1. The van der Waals surface area contributed by atoms with Crippen molar-refractivity contribution >= 4 is 17.3 Å². The van der Waals surface area contributed by atoms with E-state index in [-0.39, 0.29) is 12.0 Å². The van der Waals surface area contributed by atoms with Gasteiger partial charge in [-0.25, -0.2) is 0 Å². The number of ether oxygens (including phenoxy) is 1. The van der Waals surface area contributed by atoms with Gasteiger partial charge in [0.2, 0.25) is 0 Å². The molecule has 0 saturated carbocycles. The first kappa shape index (κ1) is 16.2. The molecule has 0 aliphatic carbocycles. The normalized spacial score (nSPS) is 12.9. The third kappa shape index (κ3) is 4.96. The number of hydrogen-bond donors (Lipinski definition) is 0. The Morgan fingerprint density at radius 3 is 2.68 bits per heavy atom. The summed E-state index contributed by atoms with van der Waals surface area (Å²) in [6, 6.07) is 4.36. The van der Waals surface area contributed by atoms with Gasteiger partial charge in [0.05, 0.1) is 7.11 Å². The van der Waals surface area contributed by atoms with Crippen molar-refractivity contribution < 1.29 is 9.53 Å². The van der Waals surface area contributed by atoms with E-state index in [2.05, 4.69) is 43.2 Å². The van der Waals surface area contributed by atoms with Crippen molar-refractivity contribution in [3.8, 4) is 0 Å². The van der Waals surface area contributed by atoms with Gasteiger partial charge in [-0.15, -0.1) is 11.3 Å². The van der Waals surface area contributed by atoms with Crippen LogP contribution in [0.3, 0.4) is 0 Å². The van der Waals surface area contributed by atoms with Crippen molar-refractivity contribution in [2.24, 2.45) is 0 Å². The van der Waals surface area contributed by atoms with E-state index in [4.69, 9.17) is 4.74 Å². The molecule has 1 unspecified atom stereocenters. The van der Waals surface area contributed by atoms with Crippen LogP contribution in [0.5, 0.6) is 0 Å². The molecule has 1 aromatic rings. The molecule has 0 spiro atoms. The van der Waals surface area contributed by atoms with E-state index in [0.29, 0.717) is 6.04 Å². The molecule has 0 radical (unpaired) electrons. The number of thiophene rings is 1. The Kier molecular flexibility index (Phi) is 7.10. The molecule has 4 heteroatoms. The minimum absolute atomic E-state index is 0.112. The average Bonchev–Trinajstić information content (AvgIpc) is 2.90. The fourth-order valence-corrected chi connectivity index (χ4v) is 2.90. The number of carbonyl (C=O) groups is 1.